The summed E-state index contributed by atoms with van der Waals surface area (Å²) in [4.78, 5) is 5.70. The molecule has 1 aliphatic carbocycles. The van der Waals surface area contributed by atoms with Crippen LogP contribution in [-0.2, 0) is 22.9 Å². The van der Waals surface area contributed by atoms with Gasteiger partial charge in [0.2, 0.25) is 0 Å². The average Bonchev–Trinajstić information content (AvgIpc) is 3.27. The molecule has 3 aromatic rings. The van der Waals surface area contributed by atoms with Crippen LogP contribution in [0.4, 0.5) is 5.69 Å². The van der Waals surface area contributed by atoms with Crippen LogP contribution < -0.4 is 4.31 Å². The fraction of sp³-hybridized carbons (Fsp3) is 0.583. The molecule has 31 heavy (non-hydrogen) atoms. The minimum absolute atomic E-state index is 0.0424. The van der Waals surface area contributed by atoms with Gasteiger partial charge in [-0.2, -0.15) is 0 Å². The highest BCUT2D eigenvalue weighted by molar-refractivity contribution is 7.86. The largest absolute Gasteiger partial charge is 0.360 e. The van der Waals surface area contributed by atoms with Gasteiger partial charge in [-0.1, -0.05) is 45.2 Å². The molecule has 6 nitrogen and oxygen atoms in total. The molecular weight excluding hydrogens is 408 g/mol. The van der Waals surface area contributed by atoms with Crippen molar-refractivity contribution in [3.05, 3.63) is 35.5 Å². The highest BCUT2D eigenvalue weighted by Gasteiger charge is 2.26. The monoisotopic (exact) mass is 442 g/mol. The van der Waals surface area contributed by atoms with Crippen molar-refractivity contribution >= 4 is 27.7 Å². The van der Waals surface area contributed by atoms with Crippen LogP contribution in [0.1, 0.15) is 70.2 Å². The Hall–Kier alpha value is -2.15. The lowest BCUT2D eigenvalue weighted by Gasteiger charge is -2.26. The predicted octanol–water partition coefficient (Wildman–Crippen LogP) is 5.68. The predicted molar refractivity (Wildman–Crippen MR) is 126 cm³/mol. The smallest absolute Gasteiger partial charge is 0.158 e. The first kappa shape index (κ1) is 22.1. The van der Waals surface area contributed by atoms with Crippen LogP contribution in [0, 0.1) is 19.8 Å². The van der Waals surface area contributed by atoms with Crippen molar-refractivity contribution in [1.29, 1.82) is 0 Å². The van der Waals surface area contributed by atoms with Crippen molar-refractivity contribution in [2.45, 2.75) is 83.6 Å². The van der Waals surface area contributed by atoms with E-state index >= 15 is 0 Å². The molecular formula is C24H34N4O2S. The quantitative estimate of drug-likeness (QED) is 0.510. The fourth-order valence-electron chi connectivity index (χ4n) is 4.66. The van der Waals surface area contributed by atoms with E-state index in [-0.39, 0.29) is 5.41 Å². The Balaban J connectivity index is 1.71. The number of benzene rings is 1. The highest BCUT2D eigenvalue weighted by atomic mass is 32.2. The first-order valence-corrected chi connectivity index (χ1v) is 12.4. The maximum Gasteiger partial charge on any atom is 0.158 e. The Morgan fingerprint density at radius 1 is 1.19 bits per heavy atom. The SMILES string of the molecule is Cc1noc(C)c1S(=O)N(C)c1ccc2c(c1)nc(C(C)(C)C)n2CC1CCCCC1. The van der Waals surface area contributed by atoms with Crippen molar-refractivity contribution in [2.75, 3.05) is 11.4 Å². The highest BCUT2D eigenvalue weighted by Crippen LogP contribution is 2.33. The molecule has 168 valence electrons. The molecule has 2 aromatic heterocycles. The number of rotatable bonds is 5. The van der Waals surface area contributed by atoms with Crippen LogP contribution in [0.25, 0.3) is 11.0 Å². The summed E-state index contributed by atoms with van der Waals surface area (Å²) in [6, 6.07) is 6.23. The molecule has 4 rings (SSSR count). The Bertz CT molecular complexity index is 1080. The third kappa shape index (κ3) is 4.29. The molecule has 2 heterocycles. The molecule has 0 bridgehead atoms. The number of fused-ring (bicyclic) bond motifs is 1. The molecule has 1 aromatic carbocycles. The van der Waals surface area contributed by atoms with Crippen molar-refractivity contribution < 1.29 is 8.73 Å². The first-order valence-electron chi connectivity index (χ1n) is 11.3. The second-order valence-electron chi connectivity index (χ2n) is 9.87. The number of imidazole rings is 1. The van der Waals surface area contributed by atoms with Crippen molar-refractivity contribution in [1.82, 2.24) is 14.7 Å². The molecule has 0 spiro atoms. The second kappa shape index (κ2) is 8.41. The third-order valence-corrected chi connectivity index (χ3v) is 7.96. The van der Waals surface area contributed by atoms with Gasteiger partial charge >= 0.3 is 0 Å². The van der Waals surface area contributed by atoms with E-state index in [1.807, 2.05) is 20.0 Å². The van der Waals surface area contributed by atoms with E-state index < -0.39 is 11.0 Å². The van der Waals surface area contributed by atoms with Crippen molar-refractivity contribution in [3.63, 3.8) is 0 Å². The molecule has 0 amide bonds. The third-order valence-electron chi connectivity index (χ3n) is 6.32. The topological polar surface area (TPSA) is 64.2 Å². The molecule has 0 N–H and O–H groups in total. The van der Waals surface area contributed by atoms with Crippen molar-refractivity contribution in [3.8, 4) is 0 Å². The van der Waals surface area contributed by atoms with Gasteiger partial charge in [0.25, 0.3) is 0 Å². The Kier molecular flexibility index (Phi) is 5.99. The Morgan fingerprint density at radius 2 is 1.90 bits per heavy atom. The van der Waals surface area contributed by atoms with E-state index in [2.05, 4.69) is 42.6 Å². The number of anilines is 1. The molecule has 7 heteroatoms. The summed E-state index contributed by atoms with van der Waals surface area (Å²) in [6.45, 7) is 11.3. The molecule has 1 atom stereocenters. The average molecular weight is 443 g/mol. The van der Waals surface area contributed by atoms with Gasteiger partial charge in [-0.15, -0.1) is 0 Å². The zero-order valence-corrected chi connectivity index (χ0v) is 20.4. The molecule has 0 saturated heterocycles. The lowest BCUT2D eigenvalue weighted by Crippen LogP contribution is -2.22. The molecule has 1 saturated carbocycles. The maximum atomic E-state index is 13.2. The Morgan fingerprint density at radius 3 is 2.52 bits per heavy atom. The van der Waals surface area contributed by atoms with Gasteiger partial charge in [0, 0.05) is 19.0 Å². The lowest BCUT2D eigenvalue weighted by atomic mass is 9.88. The van der Waals surface area contributed by atoms with Gasteiger partial charge in [-0.3, -0.25) is 4.31 Å². The van der Waals surface area contributed by atoms with Crippen LogP contribution in [0.15, 0.2) is 27.6 Å². The van der Waals surface area contributed by atoms with Crippen LogP contribution in [0.3, 0.4) is 0 Å². The zero-order chi connectivity index (χ0) is 22.3. The number of hydrogen-bond acceptors (Lipinski definition) is 4. The lowest BCUT2D eigenvalue weighted by molar-refractivity contribution is 0.313. The normalized spacial score (nSPS) is 16.7. The van der Waals surface area contributed by atoms with Crippen LogP contribution in [0.5, 0.6) is 0 Å². The van der Waals surface area contributed by atoms with Crippen LogP contribution >= 0.6 is 0 Å². The van der Waals surface area contributed by atoms with Crippen LogP contribution in [-0.4, -0.2) is 26.0 Å². The van der Waals surface area contributed by atoms with Crippen LogP contribution in [0.2, 0.25) is 0 Å². The molecule has 1 fully saturated rings. The van der Waals surface area contributed by atoms with E-state index in [9.17, 15) is 4.21 Å². The first-order chi connectivity index (χ1) is 14.7. The molecule has 1 aliphatic rings. The maximum absolute atomic E-state index is 13.2. The van der Waals surface area contributed by atoms with Gasteiger partial charge in [0.05, 0.1) is 22.4 Å². The molecule has 0 radical (unpaired) electrons. The fourth-order valence-corrected chi connectivity index (χ4v) is 5.81. The van der Waals surface area contributed by atoms with E-state index in [1.165, 1.54) is 32.1 Å². The summed E-state index contributed by atoms with van der Waals surface area (Å²) in [7, 11) is 0.447. The minimum Gasteiger partial charge on any atom is -0.360 e. The number of nitrogens with zero attached hydrogens (tertiary/aromatic N) is 4. The summed E-state index contributed by atoms with van der Waals surface area (Å²) >= 11 is 0. The Labute approximate surface area is 187 Å². The number of aryl methyl sites for hydroxylation is 2. The van der Waals surface area contributed by atoms with Gasteiger partial charge in [0.15, 0.2) is 16.7 Å². The van der Waals surface area contributed by atoms with Gasteiger partial charge < -0.3 is 9.09 Å². The standard InChI is InChI=1S/C24H34N4O2S/c1-16-22(17(2)30-26-16)31(29)27(6)19-12-13-21-20(14-19)25-23(24(3,4)5)28(21)15-18-10-8-7-9-11-18/h12-14,18H,7-11,15H2,1-6H3. The summed E-state index contributed by atoms with van der Waals surface area (Å²) in [5.74, 6) is 2.44. The van der Waals surface area contributed by atoms with E-state index in [0.29, 0.717) is 16.3 Å². The van der Waals surface area contributed by atoms with Gasteiger partial charge in [0.1, 0.15) is 10.7 Å². The van der Waals surface area contributed by atoms with Gasteiger partial charge in [-0.25, -0.2) is 9.19 Å². The number of aromatic nitrogens is 3. The summed E-state index contributed by atoms with van der Waals surface area (Å²) in [6.07, 6.45) is 6.65. The number of hydrogen-bond donors (Lipinski definition) is 0. The molecule has 0 aliphatic heterocycles. The molecule has 1 unspecified atom stereocenters. The van der Waals surface area contributed by atoms with E-state index in [0.717, 1.165) is 35.0 Å². The summed E-state index contributed by atoms with van der Waals surface area (Å²) in [5.41, 5.74) is 3.61. The van der Waals surface area contributed by atoms with E-state index in [1.54, 1.807) is 11.2 Å². The summed E-state index contributed by atoms with van der Waals surface area (Å²) in [5, 5.41) is 3.95. The summed E-state index contributed by atoms with van der Waals surface area (Å²) < 4.78 is 22.6. The minimum atomic E-state index is -1.39. The van der Waals surface area contributed by atoms with Gasteiger partial charge in [-0.05, 0) is 50.8 Å². The van der Waals surface area contributed by atoms with E-state index in [4.69, 9.17) is 9.51 Å². The second-order valence-corrected chi connectivity index (χ2v) is 11.3. The zero-order valence-electron chi connectivity index (χ0n) is 19.6. The van der Waals surface area contributed by atoms with Crippen molar-refractivity contribution in [2.24, 2.45) is 5.92 Å².